The Kier molecular flexibility index (Phi) is 6.33. The highest BCUT2D eigenvalue weighted by Crippen LogP contribution is 2.26. The zero-order valence-electron chi connectivity index (χ0n) is 13.5. The summed E-state index contributed by atoms with van der Waals surface area (Å²) in [5.41, 5.74) is -0.226. The lowest BCUT2D eigenvalue weighted by Gasteiger charge is -2.25. The summed E-state index contributed by atoms with van der Waals surface area (Å²) in [5.74, 6) is -1.39. The summed E-state index contributed by atoms with van der Waals surface area (Å²) in [7, 11) is 0. The molecule has 0 atom stereocenters. The summed E-state index contributed by atoms with van der Waals surface area (Å²) in [6.07, 6.45) is 3.84. The number of hydrogen-bond acceptors (Lipinski definition) is 6. The number of piperidine rings is 1. The van der Waals surface area contributed by atoms with Crippen LogP contribution in [0.15, 0.2) is 22.5 Å². The first-order valence-electron chi connectivity index (χ1n) is 8.07. The number of nitrogens with one attached hydrogen (secondary N) is 1. The third-order valence-electron chi connectivity index (χ3n) is 3.88. The van der Waals surface area contributed by atoms with Gasteiger partial charge in [0.2, 0.25) is 5.13 Å². The number of carbonyl (C=O) groups excluding carboxylic acids is 1. The zero-order chi connectivity index (χ0) is 17.6. The van der Waals surface area contributed by atoms with Gasteiger partial charge in [-0.25, -0.2) is 8.78 Å². The van der Waals surface area contributed by atoms with Crippen molar-refractivity contribution in [2.75, 3.05) is 30.7 Å². The van der Waals surface area contributed by atoms with E-state index in [4.69, 9.17) is 0 Å². The Balaban J connectivity index is 1.50. The van der Waals surface area contributed by atoms with Crippen molar-refractivity contribution in [1.29, 1.82) is 0 Å². The van der Waals surface area contributed by atoms with Crippen molar-refractivity contribution in [3.63, 3.8) is 0 Å². The number of amides is 1. The molecule has 1 fully saturated rings. The second-order valence-electron chi connectivity index (χ2n) is 5.70. The maximum Gasteiger partial charge on any atom is 0.260 e. The lowest BCUT2D eigenvalue weighted by Crippen LogP contribution is -2.31. The lowest BCUT2D eigenvalue weighted by atomic mass is 10.1. The standard InChI is InChI=1S/C16H18F2N4OS2/c17-11-4-5-12(13(18)10-11)14(23)19-15-20-21-16(25-15)24-9-8-22-6-2-1-3-7-22/h4-5,10H,1-3,6-9H2,(H,19,20,23). The topological polar surface area (TPSA) is 58.1 Å². The molecule has 0 saturated carbocycles. The molecular formula is C16H18F2N4OS2. The summed E-state index contributed by atoms with van der Waals surface area (Å²) < 4.78 is 27.3. The van der Waals surface area contributed by atoms with Gasteiger partial charge in [-0.3, -0.25) is 10.1 Å². The summed E-state index contributed by atoms with van der Waals surface area (Å²) in [4.78, 5) is 14.5. The molecule has 2 heterocycles. The van der Waals surface area contributed by atoms with E-state index in [1.165, 1.54) is 30.6 Å². The normalized spacial score (nSPS) is 15.3. The number of hydrogen-bond donors (Lipinski definition) is 1. The Morgan fingerprint density at radius 2 is 2.04 bits per heavy atom. The number of aromatic nitrogens is 2. The van der Waals surface area contributed by atoms with Crippen LogP contribution in [0.5, 0.6) is 0 Å². The van der Waals surface area contributed by atoms with Crippen LogP contribution >= 0.6 is 23.1 Å². The first-order chi connectivity index (χ1) is 12.1. The van der Waals surface area contributed by atoms with Gasteiger partial charge in [0.25, 0.3) is 5.91 Å². The van der Waals surface area contributed by atoms with Crippen LogP contribution in [-0.4, -0.2) is 46.4 Å². The number of nitrogens with zero attached hydrogens (tertiary/aromatic N) is 3. The highest BCUT2D eigenvalue weighted by molar-refractivity contribution is 8.01. The molecule has 0 aliphatic carbocycles. The molecule has 1 N–H and O–H groups in total. The Labute approximate surface area is 152 Å². The fourth-order valence-corrected chi connectivity index (χ4v) is 4.42. The lowest BCUT2D eigenvalue weighted by molar-refractivity contribution is 0.102. The fourth-order valence-electron chi connectivity index (χ4n) is 2.60. The number of rotatable bonds is 6. The van der Waals surface area contributed by atoms with Crippen molar-refractivity contribution in [3.8, 4) is 0 Å². The SMILES string of the molecule is O=C(Nc1nnc(SCCN2CCCCC2)s1)c1ccc(F)cc1F. The number of halogens is 2. The molecule has 1 saturated heterocycles. The Bertz CT molecular complexity index is 735. The van der Waals surface area contributed by atoms with Crippen molar-refractivity contribution in [3.05, 3.63) is 35.4 Å². The van der Waals surface area contributed by atoms with Crippen LogP contribution in [0.2, 0.25) is 0 Å². The second-order valence-corrected chi connectivity index (χ2v) is 8.02. The van der Waals surface area contributed by atoms with E-state index in [1.54, 1.807) is 11.8 Å². The highest BCUT2D eigenvalue weighted by atomic mass is 32.2. The molecule has 0 radical (unpaired) electrons. The average molecular weight is 384 g/mol. The first-order valence-corrected chi connectivity index (χ1v) is 9.87. The molecule has 1 amide bonds. The molecule has 9 heteroatoms. The first kappa shape index (κ1) is 18.2. The van der Waals surface area contributed by atoms with Crippen LogP contribution < -0.4 is 5.32 Å². The predicted molar refractivity (Wildman–Crippen MR) is 95.2 cm³/mol. The molecule has 5 nitrogen and oxygen atoms in total. The van der Waals surface area contributed by atoms with Gasteiger partial charge in [-0.1, -0.05) is 29.5 Å². The molecule has 134 valence electrons. The van der Waals surface area contributed by atoms with E-state index in [2.05, 4.69) is 20.4 Å². The van der Waals surface area contributed by atoms with E-state index in [-0.39, 0.29) is 5.56 Å². The molecule has 0 bridgehead atoms. The Morgan fingerprint density at radius 1 is 1.24 bits per heavy atom. The van der Waals surface area contributed by atoms with Gasteiger partial charge in [0.15, 0.2) is 4.34 Å². The summed E-state index contributed by atoms with van der Waals surface area (Å²) in [6.45, 7) is 3.31. The van der Waals surface area contributed by atoms with Gasteiger partial charge in [-0.15, -0.1) is 10.2 Å². The Morgan fingerprint density at radius 3 is 2.80 bits per heavy atom. The number of benzene rings is 1. The predicted octanol–water partition coefficient (Wildman–Crippen LogP) is 3.65. The highest BCUT2D eigenvalue weighted by Gasteiger charge is 2.15. The minimum absolute atomic E-state index is 0.226. The van der Waals surface area contributed by atoms with E-state index in [1.807, 2.05) is 0 Å². The number of carbonyl (C=O) groups is 1. The van der Waals surface area contributed by atoms with Gasteiger partial charge in [-0.05, 0) is 38.1 Å². The molecule has 1 aliphatic heterocycles. The van der Waals surface area contributed by atoms with E-state index >= 15 is 0 Å². The van der Waals surface area contributed by atoms with Gasteiger partial charge in [0.1, 0.15) is 11.6 Å². The maximum atomic E-state index is 13.6. The van der Waals surface area contributed by atoms with Crippen molar-refractivity contribution >= 4 is 34.1 Å². The molecule has 2 aromatic rings. The molecule has 0 spiro atoms. The maximum absolute atomic E-state index is 13.6. The molecule has 3 rings (SSSR count). The summed E-state index contributed by atoms with van der Waals surface area (Å²) >= 11 is 2.84. The van der Waals surface area contributed by atoms with Gasteiger partial charge >= 0.3 is 0 Å². The van der Waals surface area contributed by atoms with Crippen LogP contribution in [-0.2, 0) is 0 Å². The monoisotopic (exact) mass is 384 g/mol. The molecule has 0 unspecified atom stereocenters. The zero-order valence-corrected chi connectivity index (χ0v) is 15.1. The molecular weight excluding hydrogens is 366 g/mol. The largest absolute Gasteiger partial charge is 0.303 e. The van der Waals surface area contributed by atoms with Crippen molar-refractivity contribution in [1.82, 2.24) is 15.1 Å². The third-order valence-corrected chi connectivity index (χ3v) is 5.84. The summed E-state index contributed by atoms with van der Waals surface area (Å²) in [6, 6.07) is 2.83. The van der Waals surface area contributed by atoms with Crippen LogP contribution in [0.25, 0.3) is 0 Å². The molecule has 1 aliphatic rings. The van der Waals surface area contributed by atoms with Crippen LogP contribution in [0.4, 0.5) is 13.9 Å². The van der Waals surface area contributed by atoms with Gasteiger partial charge in [-0.2, -0.15) is 0 Å². The molecule has 1 aromatic heterocycles. The van der Waals surface area contributed by atoms with Crippen LogP contribution in [0, 0.1) is 11.6 Å². The number of likely N-dealkylation sites (tertiary alicyclic amines) is 1. The summed E-state index contributed by atoms with van der Waals surface area (Å²) in [5, 5.41) is 10.7. The average Bonchev–Trinajstić information content (AvgIpc) is 3.03. The van der Waals surface area contributed by atoms with E-state index in [0.717, 1.165) is 41.9 Å². The molecule has 1 aromatic carbocycles. The minimum Gasteiger partial charge on any atom is -0.303 e. The van der Waals surface area contributed by atoms with Crippen LogP contribution in [0.3, 0.4) is 0 Å². The van der Waals surface area contributed by atoms with Crippen molar-refractivity contribution < 1.29 is 13.6 Å². The quantitative estimate of drug-likeness (QED) is 0.609. The van der Waals surface area contributed by atoms with Crippen LogP contribution in [0.1, 0.15) is 29.6 Å². The van der Waals surface area contributed by atoms with Crippen molar-refractivity contribution in [2.24, 2.45) is 0 Å². The van der Waals surface area contributed by atoms with Gasteiger partial charge in [0.05, 0.1) is 5.56 Å². The Hall–Kier alpha value is -1.58. The van der Waals surface area contributed by atoms with E-state index in [0.29, 0.717) is 11.2 Å². The number of anilines is 1. The molecule has 25 heavy (non-hydrogen) atoms. The van der Waals surface area contributed by atoms with Gasteiger partial charge in [0, 0.05) is 18.4 Å². The van der Waals surface area contributed by atoms with E-state index in [9.17, 15) is 13.6 Å². The second kappa shape index (κ2) is 8.68. The smallest absolute Gasteiger partial charge is 0.260 e. The minimum atomic E-state index is -0.904. The third kappa shape index (κ3) is 5.20. The van der Waals surface area contributed by atoms with Crippen molar-refractivity contribution in [2.45, 2.75) is 23.6 Å². The fraction of sp³-hybridized carbons (Fsp3) is 0.438. The van der Waals surface area contributed by atoms with E-state index < -0.39 is 17.5 Å². The van der Waals surface area contributed by atoms with Gasteiger partial charge < -0.3 is 4.90 Å². The number of thioether (sulfide) groups is 1.